The molecule has 2 atom stereocenters. The van der Waals surface area contributed by atoms with Gasteiger partial charge in [0.25, 0.3) is 0 Å². The van der Waals surface area contributed by atoms with Crippen molar-refractivity contribution in [3.8, 4) is 0 Å². The van der Waals surface area contributed by atoms with Crippen LogP contribution in [-0.4, -0.2) is 0 Å². The third-order valence-corrected chi connectivity index (χ3v) is 3.42. The van der Waals surface area contributed by atoms with Gasteiger partial charge in [-0.15, -0.1) is 0 Å². The van der Waals surface area contributed by atoms with Gasteiger partial charge in [-0.2, -0.15) is 0 Å². The Morgan fingerprint density at radius 2 is 1.60 bits per heavy atom. The lowest BCUT2D eigenvalue weighted by Crippen LogP contribution is -2.06. The molecule has 0 aliphatic heterocycles. The zero-order valence-corrected chi connectivity index (χ0v) is 14.0. The molecule has 1 aromatic carbocycles. The van der Waals surface area contributed by atoms with Crippen LogP contribution in [0, 0.1) is 5.92 Å². The highest BCUT2D eigenvalue weighted by atomic mass is 14.2. The van der Waals surface area contributed by atoms with Crippen LogP contribution in [0.4, 0.5) is 0 Å². The summed E-state index contributed by atoms with van der Waals surface area (Å²) in [6.45, 7) is 10.8. The first-order valence-corrected chi connectivity index (χ1v) is 8.16. The van der Waals surface area contributed by atoms with Crippen LogP contribution < -0.4 is 0 Å². The van der Waals surface area contributed by atoms with Gasteiger partial charge >= 0.3 is 0 Å². The van der Waals surface area contributed by atoms with E-state index in [1.54, 1.807) is 0 Å². The lowest BCUT2D eigenvalue weighted by Gasteiger charge is -2.20. The van der Waals surface area contributed by atoms with E-state index in [0.717, 1.165) is 12.8 Å². The first-order valence-electron chi connectivity index (χ1n) is 8.16. The van der Waals surface area contributed by atoms with Gasteiger partial charge < -0.3 is 0 Å². The standard InChI is InChI=1S/C18H26.C2H6/c1-4-6-7-8-10-13-16(3)18(5-2)17-14-11-9-12-15-17;1-2/h6-7,9-16,18H,4-5,8H2,1-3H3;1-2H3/b7-6-,13-10-;. The summed E-state index contributed by atoms with van der Waals surface area (Å²) in [4.78, 5) is 0. The van der Waals surface area contributed by atoms with Crippen LogP contribution in [0.1, 0.15) is 65.4 Å². The fourth-order valence-corrected chi connectivity index (χ4v) is 2.38. The molecule has 1 rings (SSSR count). The molecule has 0 aliphatic rings. The minimum atomic E-state index is 0.604. The Morgan fingerprint density at radius 1 is 0.950 bits per heavy atom. The van der Waals surface area contributed by atoms with Gasteiger partial charge in [0.2, 0.25) is 0 Å². The summed E-state index contributed by atoms with van der Waals surface area (Å²) in [5, 5.41) is 0. The van der Waals surface area contributed by atoms with E-state index in [2.05, 4.69) is 75.4 Å². The molecule has 1 aromatic rings. The van der Waals surface area contributed by atoms with Gasteiger partial charge in [0, 0.05) is 0 Å². The molecule has 0 saturated carbocycles. The van der Waals surface area contributed by atoms with Crippen LogP contribution in [-0.2, 0) is 0 Å². The molecular weight excluding hydrogens is 240 g/mol. The van der Waals surface area contributed by atoms with Crippen molar-refractivity contribution in [2.24, 2.45) is 5.92 Å². The van der Waals surface area contributed by atoms with Gasteiger partial charge in [-0.25, -0.2) is 0 Å². The van der Waals surface area contributed by atoms with E-state index in [0.29, 0.717) is 11.8 Å². The maximum atomic E-state index is 2.36. The van der Waals surface area contributed by atoms with E-state index < -0.39 is 0 Å². The number of allylic oxidation sites excluding steroid dienone is 4. The second-order valence-electron chi connectivity index (χ2n) is 4.83. The fraction of sp³-hybridized carbons (Fsp3) is 0.500. The first-order chi connectivity index (χ1) is 9.79. The molecule has 0 saturated heterocycles. The molecule has 20 heavy (non-hydrogen) atoms. The summed E-state index contributed by atoms with van der Waals surface area (Å²) in [6.07, 6.45) is 12.5. The van der Waals surface area contributed by atoms with Crippen LogP contribution in [0.5, 0.6) is 0 Å². The Kier molecular flexibility index (Phi) is 11.9. The van der Waals surface area contributed by atoms with Crippen molar-refractivity contribution in [3.05, 3.63) is 60.2 Å². The fourth-order valence-electron chi connectivity index (χ4n) is 2.38. The summed E-state index contributed by atoms with van der Waals surface area (Å²) in [6, 6.07) is 10.9. The van der Waals surface area contributed by atoms with Crippen LogP contribution in [0.3, 0.4) is 0 Å². The molecular formula is C20H32. The number of hydrogen-bond donors (Lipinski definition) is 0. The third-order valence-electron chi connectivity index (χ3n) is 3.42. The maximum Gasteiger partial charge on any atom is -0.0104 e. The lowest BCUT2D eigenvalue weighted by molar-refractivity contribution is 0.530. The molecule has 0 aromatic heterocycles. The molecule has 0 N–H and O–H groups in total. The van der Waals surface area contributed by atoms with Crippen molar-refractivity contribution >= 4 is 0 Å². The molecule has 0 bridgehead atoms. The molecule has 0 heteroatoms. The topological polar surface area (TPSA) is 0 Å². The molecule has 0 spiro atoms. The Bertz CT molecular complexity index is 359. The van der Waals surface area contributed by atoms with Crippen molar-refractivity contribution in [2.75, 3.05) is 0 Å². The Labute approximate surface area is 126 Å². The molecule has 0 aliphatic carbocycles. The minimum absolute atomic E-state index is 0.604. The number of rotatable bonds is 7. The smallest absolute Gasteiger partial charge is 0.0104 e. The Balaban J connectivity index is 0.00000172. The van der Waals surface area contributed by atoms with Gasteiger partial charge in [0.15, 0.2) is 0 Å². The van der Waals surface area contributed by atoms with Gasteiger partial charge in [-0.05, 0) is 36.7 Å². The average molecular weight is 272 g/mol. The van der Waals surface area contributed by atoms with Gasteiger partial charge in [-0.3, -0.25) is 0 Å². The molecule has 0 nitrogen and oxygen atoms in total. The van der Waals surface area contributed by atoms with E-state index in [1.165, 1.54) is 12.0 Å². The van der Waals surface area contributed by atoms with E-state index in [1.807, 2.05) is 13.8 Å². The second kappa shape index (κ2) is 12.7. The third kappa shape index (κ3) is 7.33. The van der Waals surface area contributed by atoms with Crippen LogP contribution >= 0.6 is 0 Å². The number of benzene rings is 1. The first kappa shape index (κ1) is 18.7. The zero-order valence-electron chi connectivity index (χ0n) is 14.0. The highest BCUT2D eigenvalue weighted by molar-refractivity contribution is 5.21. The van der Waals surface area contributed by atoms with Crippen molar-refractivity contribution in [3.63, 3.8) is 0 Å². The summed E-state index contributed by atoms with van der Waals surface area (Å²) in [5.41, 5.74) is 1.46. The van der Waals surface area contributed by atoms with Crippen molar-refractivity contribution in [1.82, 2.24) is 0 Å². The maximum absolute atomic E-state index is 2.36. The largest absolute Gasteiger partial charge is 0.0885 e. The van der Waals surface area contributed by atoms with Crippen molar-refractivity contribution in [1.29, 1.82) is 0 Å². The quantitative estimate of drug-likeness (QED) is 0.481. The Morgan fingerprint density at radius 3 is 2.15 bits per heavy atom. The van der Waals surface area contributed by atoms with Crippen molar-refractivity contribution in [2.45, 2.75) is 59.8 Å². The molecule has 112 valence electrons. The predicted molar refractivity (Wildman–Crippen MR) is 93.2 cm³/mol. The van der Waals surface area contributed by atoms with Gasteiger partial charge in [-0.1, -0.05) is 89.3 Å². The monoisotopic (exact) mass is 272 g/mol. The van der Waals surface area contributed by atoms with E-state index in [-0.39, 0.29) is 0 Å². The Hall–Kier alpha value is -1.30. The summed E-state index contributed by atoms with van der Waals surface area (Å²) in [7, 11) is 0. The van der Waals surface area contributed by atoms with Crippen LogP contribution in [0.25, 0.3) is 0 Å². The minimum Gasteiger partial charge on any atom is -0.0885 e. The highest BCUT2D eigenvalue weighted by Crippen LogP contribution is 2.28. The highest BCUT2D eigenvalue weighted by Gasteiger charge is 2.14. The molecule has 0 amide bonds. The predicted octanol–water partition coefficient (Wildman–Crippen LogP) is 6.76. The van der Waals surface area contributed by atoms with E-state index >= 15 is 0 Å². The lowest BCUT2D eigenvalue weighted by atomic mass is 9.85. The van der Waals surface area contributed by atoms with Crippen molar-refractivity contribution < 1.29 is 0 Å². The summed E-state index contributed by atoms with van der Waals surface area (Å²) < 4.78 is 0. The zero-order chi connectivity index (χ0) is 15.2. The normalized spacial score (nSPS) is 14.1. The van der Waals surface area contributed by atoms with Gasteiger partial charge in [0.1, 0.15) is 0 Å². The molecule has 2 unspecified atom stereocenters. The van der Waals surface area contributed by atoms with Crippen LogP contribution in [0.2, 0.25) is 0 Å². The summed E-state index contributed by atoms with van der Waals surface area (Å²) >= 11 is 0. The molecule has 0 heterocycles. The van der Waals surface area contributed by atoms with E-state index in [9.17, 15) is 0 Å². The summed E-state index contributed by atoms with van der Waals surface area (Å²) in [5.74, 6) is 1.24. The SMILES string of the molecule is CC.CC/C=C\C/C=C\C(C)C(CC)c1ccccc1. The number of hydrogen-bond acceptors (Lipinski definition) is 0. The van der Waals surface area contributed by atoms with E-state index in [4.69, 9.17) is 0 Å². The average Bonchev–Trinajstić information content (AvgIpc) is 2.51. The molecule has 0 radical (unpaired) electrons. The van der Waals surface area contributed by atoms with Gasteiger partial charge in [0.05, 0.1) is 0 Å². The molecule has 0 fully saturated rings. The van der Waals surface area contributed by atoms with Crippen LogP contribution in [0.15, 0.2) is 54.6 Å². The second-order valence-corrected chi connectivity index (χ2v) is 4.83.